The highest BCUT2D eigenvalue weighted by molar-refractivity contribution is 8.00. The summed E-state index contributed by atoms with van der Waals surface area (Å²) in [6.45, 7) is 4.84. The van der Waals surface area contributed by atoms with Crippen LogP contribution in [0.2, 0.25) is 0 Å². The smallest absolute Gasteiger partial charge is 0.379 e. The highest BCUT2D eigenvalue weighted by atomic mass is 32.2. The quantitative estimate of drug-likeness (QED) is 0.447. The molecule has 0 radical (unpaired) electrons. The molecule has 1 N–H and O–H groups in total. The SMILES string of the molecule is O=C(CSc1nc(=O)n(CCCN2CCOCC2)c2c1CCC2)Nc1ccc(C(F)(F)F)cc1. The second-order valence-electron chi connectivity index (χ2n) is 8.35. The summed E-state index contributed by atoms with van der Waals surface area (Å²) in [7, 11) is 0. The summed E-state index contributed by atoms with van der Waals surface area (Å²) in [4.78, 5) is 31.7. The summed E-state index contributed by atoms with van der Waals surface area (Å²) >= 11 is 1.19. The number of carbonyl (C=O) groups excluding carboxylic acids is 1. The summed E-state index contributed by atoms with van der Waals surface area (Å²) in [6, 6.07) is 4.30. The van der Waals surface area contributed by atoms with Crippen LogP contribution in [-0.4, -0.2) is 59.0 Å². The van der Waals surface area contributed by atoms with Crippen LogP contribution in [0.15, 0.2) is 34.1 Å². The van der Waals surface area contributed by atoms with Crippen molar-refractivity contribution in [1.82, 2.24) is 14.5 Å². The number of aromatic nitrogens is 2. The average Bonchev–Trinajstić information content (AvgIpc) is 3.30. The zero-order chi connectivity index (χ0) is 24.1. The highest BCUT2D eigenvalue weighted by Gasteiger charge is 2.30. The Kier molecular flexibility index (Phi) is 7.95. The third-order valence-corrected chi connectivity index (χ3v) is 7.01. The van der Waals surface area contributed by atoms with E-state index < -0.39 is 11.7 Å². The fourth-order valence-corrected chi connectivity index (χ4v) is 5.16. The van der Waals surface area contributed by atoms with E-state index >= 15 is 0 Å². The molecule has 1 aliphatic heterocycles. The summed E-state index contributed by atoms with van der Waals surface area (Å²) in [5.74, 6) is -0.353. The minimum absolute atomic E-state index is 0.0148. The topological polar surface area (TPSA) is 76.5 Å². The molecule has 0 atom stereocenters. The molecule has 2 aliphatic rings. The number of morpholine rings is 1. The largest absolute Gasteiger partial charge is 0.416 e. The van der Waals surface area contributed by atoms with Crippen molar-refractivity contribution in [3.63, 3.8) is 0 Å². The van der Waals surface area contributed by atoms with E-state index in [9.17, 15) is 22.8 Å². The monoisotopic (exact) mass is 496 g/mol. The first kappa shape index (κ1) is 24.7. The molecule has 184 valence electrons. The number of amides is 1. The van der Waals surface area contributed by atoms with Crippen LogP contribution in [0, 0.1) is 0 Å². The minimum Gasteiger partial charge on any atom is -0.379 e. The zero-order valence-electron chi connectivity index (χ0n) is 18.7. The number of hydrogen-bond acceptors (Lipinski definition) is 6. The van der Waals surface area contributed by atoms with E-state index in [4.69, 9.17) is 4.74 Å². The minimum atomic E-state index is -4.42. The van der Waals surface area contributed by atoms with Gasteiger partial charge in [-0.2, -0.15) is 18.2 Å². The molecule has 0 bridgehead atoms. The number of hydrogen-bond donors (Lipinski definition) is 1. The normalized spacial score (nSPS) is 16.4. The Morgan fingerprint density at radius 3 is 2.56 bits per heavy atom. The van der Waals surface area contributed by atoms with Gasteiger partial charge in [0, 0.05) is 43.1 Å². The van der Waals surface area contributed by atoms with Crippen molar-refractivity contribution in [2.24, 2.45) is 0 Å². The number of thioether (sulfide) groups is 1. The standard InChI is InChI=1S/C23H27F3N4O3S/c24-23(25,26)16-5-7-17(8-6-16)27-20(31)15-34-21-18-3-1-4-19(18)30(22(32)28-21)10-2-9-29-11-13-33-14-12-29/h5-8H,1-4,9-15H2,(H,27,31). The van der Waals surface area contributed by atoms with Crippen LogP contribution in [0.5, 0.6) is 0 Å². The van der Waals surface area contributed by atoms with Crippen molar-refractivity contribution in [1.29, 1.82) is 0 Å². The van der Waals surface area contributed by atoms with Crippen LogP contribution < -0.4 is 11.0 Å². The molecule has 1 aromatic heterocycles. The molecule has 1 aromatic carbocycles. The van der Waals surface area contributed by atoms with Gasteiger partial charge < -0.3 is 10.1 Å². The molecular weight excluding hydrogens is 469 g/mol. The van der Waals surface area contributed by atoms with E-state index in [-0.39, 0.29) is 23.0 Å². The third kappa shape index (κ3) is 6.19. The van der Waals surface area contributed by atoms with Gasteiger partial charge in [0.05, 0.1) is 24.5 Å². The first-order chi connectivity index (χ1) is 16.3. The van der Waals surface area contributed by atoms with Gasteiger partial charge in [0.25, 0.3) is 0 Å². The van der Waals surface area contributed by atoms with Crippen LogP contribution in [0.25, 0.3) is 0 Å². The third-order valence-electron chi connectivity index (χ3n) is 6.00. The van der Waals surface area contributed by atoms with E-state index in [2.05, 4.69) is 15.2 Å². The fraction of sp³-hybridized carbons (Fsp3) is 0.522. The maximum Gasteiger partial charge on any atom is 0.416 e. The van der Waals surface area contributed by atoms with Gasteiger partial charge in [-0.15, -0.1) is 0 Å². The predicted molar refractivity (Wildman–Crippen MR) is 123 cm³/mol. The van der Waals surface area contributed by atoms with Gasteiger partial charge in [-0.1, -0.05) is 11.8 Å². The Hall–Kier alpha value is -2.37. The Morgan fingerprint density at radius 2 is 1.85 bits per heavy atom. The molecule has 1 saturated heterocycles. The first-order valence-corrected chi connectivity index (χ1v) is 12.3. The lowest BCUT2D eigenvalue weighted by atomic mass is 10.2. The summed E-state index contributed by atoms with van der Waals surface area (Å²) in [5, 5.41) is 3.17. The van der Waals surface area contributed by atoms with Crippen LogP contribution >= 0.6 is 11.8 Å². The second-order valence-corrected chi connectivity index (χ2v) is 9.31. The molecular formula is C23H27F3N4O3S. The van der Waals surface area contributed by atoms with E-state index in [1.165, 1.54) is 23.9 Å². The molecule has 7 nitrogen and oxygen atoms in total. The van der Waals surface area contributed by atoms with Crippen LogP contribution in [-0.2, 0) is 35.1 Å². The van der Waals surface area contributed by atoms with E-state index in [1.807, 2.05) is 0 Å². The van der Waals surface area contributed by atoms with Crippen LogP contribution in [0.3, 0.4) is 0 Å². The molecule has 11 heteroatoms. The first-order valence-electron chi connectivity index (χ1n) is 11.3. The van der Waals surface area contributed by atoms with E-state index in [0.29, 0.717) is 11.6 Å². The van der Waals surface area contributed by atoms with Crippen molar-refractivity contribution in [2.45, 2.75) is 43.4 Å². The number of benzene rings is 1. The summed E-state index contributed by atoms with van der Waals surface area (Å²) in [5.41, 5.74) is 1.25. The fourth-order valence-electron chi connectivity index (χ4n) is 4.29. The lowest BCUT2D eigenvalue weighted by Gasteiger charge is -2.26. The van der Waals surface area contributed by atoms with Gasteiger partial charge in [-0.3, -0.25) is 14.3 Å². The number of anilines is 1. The van der Waals surface area contributed by atoms with Crippen LogP contribution in [0.4, 0.5) is 18.9 Å². The van der Waals surface area contributed by atoms with Gasteiger partial charge in [0.15, 0.2) is 0 Å². The maximum absolute atomic E-state index is 12.7. The number of nitrogens with one attached hydrogen (secondary N) is 1. The Bertz CT molecular complexity index is 1070. The second kappa shape index (κ2) is 10.9. The number of nitrogens with zero attached hydrogens (tertiary/aromatic N) is 3. The molecule has 34 heavy (non-hydrogen) atoms. The molecule has 1 amide bonds. The highest BCUT2D eigenvalue weighted by Crippen LogP contribution is 2.31. The predicted octanol–water partition coefficient (Wildman–Crippen LogP) is 3.20. The molecule has 1 aliphatic carbocycles. The molecule has 2 heterocycles. The summed E-state index contributed by atoms with van der Waals surface area (Å²) < 4.78 is 45.2. The number of carbonyl (C=O) groups is 1. The van der Waals surface area contributed by atoms with Gasteiger partial charge in [0.1, 0.15) is 5.03 Å². The van der Waals surface area contributed by atoms with Crippen molar-refractivity contribution in [2.75, 3.05) is 43.9 Å². The maximum atomic E-state index is 12.7. The van der Waals surface area contributed by atoms with E-state index in [1.54, 1.807) is 4.57 Å². The van der Waals surface area contributed by atoms with Gasteiger partial charge >= 0.3 is 11.9 Å². The molecule has 4 rings (SSSR count). The van der Waals surface area contributed by atoms with E-state index in [0.717, 1.165) is 81.9 Å². The number of halogens is 3. The Labute approximate surface area is 199 Å². The van der Waals surface area contributed by atoms with Crippen molar-refractivity contribution >= 4 is 23.4 Å². The number of alkyl halides is 3. The van der Waals surface area contributed by atoms with Gasteiger partial charge in [0.2, 0.25) is 5.91 Å². The van der Waals surface area contributed by atoms with Gasteiger partial charge in [-0.25, -0.2) is 4.79 Å². The zero-order valence-corrected chi connectivity index (χ0v) is 19.5. The summed E-state index contributed by atoms with van der Waals surface area (Å²) in [6.07, 6.45) is -0.997. The molecule has 2 aromatic rings. The Balaban J connectivity index is 1.35. The number of rotatable bonds is 8. The lowest BCUT2D eigenvalue weighted by Crippen LogP contribution is -2.37. The number of ether oxygens (including phenoxy) is 1. The number of fused-ring (bicyclic) bond motifs is 1. The van der Waals surface area contributed by atoms with Crippen LogP contribution in [0.1, 0.15) is 29.7 Å². The average molecular weight is 497 g/mol. The molecule has 0 saturated carbocycles. The molecule has 0 spiro atoms. The molecule has 0 unspecified atom stereocenters. The van der Waals surface area contributed by atoms with Gasteiger partial charge in [-0.05, 0) is 49.9 Å². The lowest BCUT2D eigenvalue weighted by molar-refractivity contribution is -0.137. The van der Waals surface area contributed by atoms with Crippen molar-refractivity contribution in [3.8, 4) is 0 Å². The van der Waals surface area contributed by atoms with Crippen molar-refractivity contribution < 1.29 is 22.7 Å². The van der Waals surface area contributed by atoms with Crippen molar-refractivity contribution in [3.05, 3.63) is 51.6 Å². The molecule has 1 fully saturated rings. The Morgan fingerprint density at radius 1 is 1.12 bits per heavy atom.